The number of rotatable bonds is 5. The van der Waals surface area contributed by atoms with Crippen LogP contribution in [0.2, 0.25) is 10.0 Å². The maximum atomic E-state index is 13.1. The van der Waals surface area contributed by atoms with Crippen LogP contribution in [0.5, 0.6) is 0 Å². The highest BCUT2D eigenvalue weighted by molar-refractivity contribution is 7.80. The smallest absolute Gasteiger partial charge is 0.265 e. The summed E-state index contributed by atoms with van der Waals surface area (Å²) in [5, 5.41) is 6.03. The summed E-state index contributed by atoms with van der Waals surface area (Å²) in [6, 6.07) is 14.0. The Bertz CT molecular complexity index is 1120. The fourth-order valence-electron chi connectivity index (χ4n) is 3.77. The fourth-order valence-corrected chi connectivity index (χ4v) is 5.83. The Balaban J connectivity index is 1.34. The number of thiophene rings is 1. The molecule has 2 heterocycles. The van der Waals surface area contributed by atoms with Crippen LogP contribution < -0.4 is 5.32 Å². The number of thiocarbonyl (C=S) groups is 1. The van der Waals surface area contributed by atoms with Crippen molar-refractivity contribution < 1.29 is 4.79 Å². The van der Waals surface area contributed by atoms with Crippen LogP contribution in [0.4, 0.5) is 5.69 Å². The number of piperazine rings is 1. The van der Waals surface area contributed by atoms with E-state index in [1.807, 2.05) is 17.0 Å². The van der Waals surface area contributed by atoms with Gasteiger partial charge in [0.15, 0.2) is 5.11 Å². The molecule has 0 atom stereocenters. The minimum atomic E-state index is -0.0338. The van der Waals surface area contributed by atoms with E-state index in [0.717, 1.165) is 22.2 Å². The predicted molar refractivity (Wildman–Crippen MR) is 141 cm³/mol. The van der Waals surface area contributed by atoms with Gasteiger partial charge in [0.05, 0.1) is 5.02 Å². The molecule has 3 aromatic rings. The molecule has 1 aromatic heterocycles. The minimum absolute atomic E-state index is 0.0338. The average Bonchev–Trinajstić information content (AvgIpc) is 3.13. The van der Waals surface area contributed by atoms with Crippen LogP contribution in [0, 0.1) is 0 Å². The molecule has 1 amide bonds. The summed E-state index contributed by atoms with van der Waals surface area (Å²) in [7, 11) is 0. The zero-order chi connectivity index (χ0) is 22.7. The first kappa shape index (κ1) is 23.3. The fraction of sp³-hybridized carbons (Fsp3) is 0.333. The van der Waals surface area contributed by atoms with Crippen LogP contribution in [-0.2, 0) is 6.42 Å². The third-order valence-corrected chi connectivity index (χ3v) is 7.90. The number of halogens is 2. The first-order valence-electron chi connectivity index (χ1n) is 10.8. The van der Waals surface area contributed by atoms with Crippen LogP contribution >= 0.6 is 46.8 Å². The highest BCUT2D eigenvalue weighted by atomic mass is 35.5. The lowest BCUT2D eigenvalue weighted by Gasteiger charge is -2.36. The van der Waals surface area contributed by atoms with Gasteiger partial charge in [-0.05, 0) is 54.9 Å². The summed E-state index contributed by atoms with van der Waals surface area (Å²) in [5.74, 6) is -0.0338. The van der Waals surface area contributed by atoms with Gasteiger partial charge in [-0.1, -0.05) is 54.7 Å². The van der Waals surface area contributed by atoms with Gasteiger partial charge >= 0.3 is 0 Å². The van der Waals surface area contributed by atoms with Crippen molar-refractivity contribution in [3.8, 4) is 0 Å². The Morgan fingerprint density at radius 2 is 1.75 bits per heavy atom. The zero-order valence-electron chi connectivity index (χ0n) is 17.9. The molecule has 0 saturated carbocycles. The maximum absolute atomic E-state index is 13.1. The molecule has 1 saturated heterocycles. The van der Waals surface area contributed by atoms with E-state index in [1.165, 1.54) is 29.7 Å². The van der Waals surface area contributed by atoms with Gasteiger partial charge in [-0.3, -0.25) is 4.79 Å². The van der Waals surface area contributed by atoms with Crippen molar-refractivity contribution in [2.24, 2.45) is 0 Å². The van der Waals surface area contributed by atoms with Crippen molar-refractivity contribution in [1.29, 1.82) is 0 Å². The van der Waals surface area contributed by atoms with E-state index in [4.69, 9.17) is 35.4 Å². The molecule has 168 valence electrons. The van der Waals surface area contributed by atoms with E-state index in [0.29, 0.717) is 46.2 Å². The normalized spacial score (nSPS) is 14.1. The van der Waals surface area contributed by atoms with E-state index in [2.05, 4.69) is 41.4 Å². The predicted octanol–water partition coefficient (Wildman–Crippen LogP) is 6.71. The molecular formula is C24H25Cl2N3OS2. The third-order valence-electron chi connectivity index (χ3n) is 5.66. The van der Waals surface area contributed by atoms with Gasteiger partial charge in [0.1, 0.15) is 4.88 Å². The molecule has 0 unspecified atom stereocenters. The summed E-state index contributed by atoms with van der Waals surface area (Å²) in [6.45, 7) is 4.76. The van der Waals surface area contributed by atoms with Crippen LogP contribution in [0.3, 0.4) is 0 Å². The second-order valence-electron chi connectivity index (χ2n) is 7.90. The van der Waals surface area contributed by atoms with Crippen molar-refractivity contribution in [3.05, 3.63) is 63.0 Å². The highest BCUT2D eigenvalue weighted by Crippen LogP contribution is 2.37. The number of hydrogen-bond acceptors (Lipinski definition) is 3. The molecule has 1 aliphatic heterocycles. The van der Waals surface area contributed by atoms with Crippen molar-refractivity contribution in [1.82, 2.24) is 9.80 Å². The standard InChI is InChI=1S/C24H25Cl2N3OS2/c1-2-3-4-16-5-8-18(9-6-16)27-24(31)29-13-11-28(12-14-29)23(30)22-21(26)19-10-7-17(25)15-20(19)32-22/h5-10,15H,2-4,11-14H2,1H3,(H,27,31). The molecule has 0 bridgehead atoms. The summed E-state index contributed by atoms with van der Waals surface area (Å²) in [6.07, 6.45) is 3.50. The molecule has 1 aliphatic rings. The summed E-state index contributed by atoms with van der Waals surface area (Å²) in [5.41, 5.74) is 2.34. The van der Waals surface area contributed by atoms with Gasteiger partial charge in [-0.15, -0.1) is 11.3 Å². The lowest BCUT2D eigenvalue weighted by atomic mass is 10.1. The Labute approximate surface area is 208 Å². The van der Waals surface area contributed by atoms with Crippen molar-refractivity contribution in [2.75, 3.05) is 31.5 Å². The number of carbonyl (C=O) groups excluding carboxylic acids is 1. The maximum Gasteiger partial charge on any atom is 0.265 e. The second kappa shape index (κ2) is 10.4. The summed E-state index contributed by atoms with van der Waals surface area (Å²) >= 11 is 19.6. The Hall–Kier alpha value is -1.86. The van der Waals surface area contributed by atoms with Crippen LogP contribution in [0.1, 0.15) is 35.0 Å². The number of carbonyl (C=O) groups is 1. The number of hydrogen-bond donors (Lipinski definition) is 1. The molecule has 4 rings (SSSR count). The number of nitrogens with zero attached hydrogens (tertiary/aromatic N) is 2. The Kier molecular flexibility index (Phi) is 7.56. The van der Waals surface area contributed by atoms with Gasteiger partial charge in [0.25, 0.3) is 5.91 Å². The first-order chi connectivity index (χ1) is 15.5. The van der Waals surface area contributed by atoms with Crippen LogP contribution in [-0.4, -0.2) is 47.0 Å². The summed E-state index contributed by atoms with van der Waals surface area (Å²) in [4.78, 5) is 17.6. The second-order valence-corrected chi connectivity index (χ2v) is 10.1. The first-order valence-corrected chi connectivity index (χ1v) is 12.8. The van der Waals surface area contributed by atoms with Gasteiger partial charge in [0.2, 0.25) is 0 Å². The number of anilines is 1. The zero-order valence-corrected chi connectivity index (χ0v) is 21.0. The van der Waals surface area contributed by atoms with Gasteiger partial charge in [-0.25, -0.2) is 0 Å². The molecule has 1 N–H and O–H groups in total. The minimum Gasteiger partial charge on any atom is -0.345 e. The highest BCUT2D eigenvalue weighted by Gasteiger charge is 2.27. The largest absolute Gasteiger partial charge is 0.345 e. The van der Waals surface area contributed by atoms with Gasteiger partial charge in [0, 0.05) is 47.0 Å². The number of fused-ring (bicyclic) bond motifs is 1. The SMILES string of the molecule is CCCCc1ccc(NC(=S)N2CCN(C(=O)c3sc4cc(Cl)ccc4c3Cl)CC2)cc1. The number of benzene rings is 2. The topological polar surface area (TPSA) is 35.6 Å². The van der Waals surface area contributed by atoms with E-state index in [-0.39, 0.29) is 5.91 Å². The molecule has 0 aliphatic carbocycles. The van der Waals surface area contributed by atoms with Crippen molar-refractivity contribution in [3.63, 3.8) is 0 Å². The molecule has 0 radical (unpaired) electrons. The van der Waals surface area contributed by atoms with E-state index in [1.54, 1.807) is 6.07 Å². The lowest BCUT2D eigenvalue weighted by molar-refractivity contribution is 0.0698. The molecule has 32 heavy (non-hydrogen) atoms. The number of unbranched alkanes of at least 4 members (excludes halogenated alkanes) is 1. The Morgan fingerprint density at radius 3 is 2.44 bits per heavy atom. The molecular weight excluding hydrogens is 481 g/mol. The molecule has 4 nitrogen and oxygen atoms in total. The quantitative estimate of drug-likeness (QED) is 0.391. The van der Waals surface area contributed by atoms with E-state index < -0.39 is 0 Å². The average molecular weight is 507 g/mol. The van der Waals surface area contributed by atoms with Crippen LogP contribution in [0.15, 0.2) is 42.5 Å². The molecule has 2 aromatic carbocycles. The monoisotopic (exact) mass is 505 g/mol. The van der Waals surface area contributed by atoms with E-state index in [9.17, 15) is 4.79 Å². The molecule has 1 fully saturated rings. The number of amides is 1. The summed E-state index contributed by atoms with van der Waals surface area (Å²) < 4.78 is 0.926. The van der Waals surface area contributed by atoms with Crippen molar-refractivity contribution in [2.45, 2.75) is 26.2 Å². The van der Waals surface area contributed by atoms with Crippen molar-refractivity contribution >= 4 is 73.5 Å². The Morgan fingerprint density at radius 1 is 1.06 bits per heavy atom. The molecule has 0 spiro atoms. The van der Waals surface area contributed by atoms with Gasteiger partial charge < -0.3 is 15.1 Å². The van der Waals surface area contributed by atoms with Gasteiger partial charge in [-0.2, -0.15) is 0 Å². The third kappa shape index (κ3) is 5.20. The lowest BCUT2D eigenvalue weighted by Crippen LogP contribution is -2.51. The molecule has 8 heteroatoms. The van der Waals surface area contributed by atoms with Crippen LogP contribution in [0.25, 0.3) is 10.1 Å². The van der Waals surface area contributed by atoms with E-state index >= 15 is 0 Å². The number of aryl methyl sites for hydroxylation is 1. The number of nitrogens with one attached hydrogen (secondary N) is 1.